The lowest BCUT2D eigenvalue weighted by atomic mass is 10.3. The summed E-state index contributed by atoms with van der Waals surface area (Å²) < 4.78 is 18.5. The van der Waals surface area contributed by atoms with E-state index in [0.29, 0.717) is 11.6 Å². The highest BCUT2D eigenvalue weighted by atomic mass is 19.1. The monoisotopic (exact) mass is 204 g/mol. The van der Waals surface area contributed by atoms with Crippen molar-refractivity contribution in [3.05, 3.63) is 48.4 Å². The number of halogens is 1. The van der Waals surface area contributed by atoms with Gasteiger partial charge in [0.2, 0.25) is 5.88 Å². The van der Waals surface area contributed by atoms with E-state index < -0.39 is 5.82 Å². The van der Waals surface area contributed by atoms with Gasteiger partial charge in [0.1, 0.15) is 0 Å². The van der Waals surface area contributed by atoms with Crippen molar-refractivity contribution in [2.45, 2.75) is 0 Å². The normalized spacial score (nSPS) is 9.93. The van der Waals surface area contributed by atoms with Gasteiger partial charge in [-0.1, -0.05) is 6.07 Å². The lowest BCUT2D eigenvalue weighted by molar-refractivity contribution is 0.428. The second-order valence-electron chi connectivity index (χ2n) is 2.96. The molecule has 1 aromatic heterocycles. The van der Waals surface area contributed by atoms with Crippen LogP contribution in [0.3, 0.4) is 0 Å². The molecule has 0 radical (unpaired) electrons. The molecule has 1 heterocycles. The van der Waals surface area contributed by atoms with Gasteiger partial charge in [0.05, 0.1) is 0 Å². The van der Waals surface area contributed by atoms with E-state index in [9.17, 15) is 4.39 Å². The Morgan fingerprint density at radius 1 is 1.20 bits per heavy atom. The molecular weight excluding hydrogens is 195 g/mol. The maximum Gasteiger partial charge on any atom is 0.219 e. The maximum atomic E-state index is 13.2. The molecular formula is C11H9FN2O. The number of aromatic nitrogens is 1. The quantitative estimate of drug-likeness (QED) is 0.765. The molecule has 0 saturated carbocycles. The van der Waals surface area contributed by atoms with E-state index in [4.69, 9.17) is 10.5 Å². The van der Waals surface area contributed by atoms with Gasteiger partial charge in [0, 0.05) is 24.0 Å². The van der Waals surface area contributed by atoms with Crippen molar-refractivity contribution in [2.24, 2.45) is 0 Å². The number of nitrogen functional groups attached to an aromatic ring is 1. The number of hydrogen-bond donors (Lipinski definition) is 1. The van der Waals surface area contributed by atoms with Crippen LogP contribution in [0.2, 0.25) is 0 Å². The number of anilines is 1. The lowest BCUT2D eigenvalue weighted by Gasteiger charge is -2.05. The molecule has 2 N–H and O–H groups in total. The molecule has 0 aliphatic carbocycles. The van der Waals surface area contributed by atoms with E-state index in [-0.39, 0.29) is 5.75 Å². The van der Waals surface area contributed by atoms with Crippen molar-refractivity contribution < 1.29 is 9.13 Å². The Labute approximate surface area is 86.3 Å². The Kier molecular flexibility index (Phi) is 2.49. The molecule has 0 atom stereocenters. The highest BCUT2D eigenvalue weighted by molar-refractivity contribution is 5.45. The smallest absolute Gasteiger partial charge is 0.219 e. The number of rotatable bonds is 2. The van der Waals surface area contributed by atoms with E-state index in [0.717, 1.165) is 0 Å². The summed E-state index contributed by atoms with van der Waals surface area (Å²) in [7, 11) is 0. The first-order chi connectivity index (χ1) is 7.25. The predicted octanol–water partition coefficient (Wildman–Crippen LogP) is 2.60. The van der Waals surface area contributed by atoms with Gasteiger partial charge in [-0.25, -0.2) is 9.37 Å². The standard InChI is InChI=1S/C11H9FN2O/c12-9-5-4-8(13)7-10(9)15-11-3-1-2-6-14-11/h1-7H,13H2. The van der Waals surface area contributed by atoms with Crippen LogP contribution in [0.4, 0.5) is 10.1 Å². The van der Waals surface area contributed by atoms with Crippen LogP contribution in [0.15, 0.2) is 42.6 Å². The van der Waals surface area contributed by atoms with Gasteiger partial charge < -0.3 is 10.5 Å². The predicted molar refractivity (Wildman–Crippen MR) is 55.1 cm³/mol. The van der Waals surface area contributed by atoms with Crippen LogP contribution >= 0.6 is 0 Å². The van der Waals surface area contributed by atoms with Crippen LogP contribution in [0, 0.1) is 5.82 Å². The number of ether oxygens (including phenoxy) is 1. The first-order valence-electron chi connectivity index (χ1n) is 4.39. The molecule has 2 rings (SSSR count). The summed E-state index contributed by atoms with van der Waals surface area (Å²) in [5, 5.41) is 0. The number of pyridine rings is 1. The van der Waals surface area contributed by atoms with Gasteiger partial charge >= 0.3 is 0 Å². The zero-order chi connectivity index (χ0) is 10.7. The number of benzene rings is 1. The van der Waals surface area contributed by atoms with E-state index in [1.54, 1.807) is 24.4 Å². The van der Waals surface area contributed by atoms with E-state index in [1.165, 1.54) is 18.2 Å². The molecule has 15 heavy (non-hydrogen) atoms. The average Bonchev–Trinajstić information content (AvgIpc) is 2.25. The summed E-state index contributed by atoms with van der Waals surface area (Å²) in [4.78, 5) is 3.92. The summed E-state index contributed by atoms with van der Waals surface area (Å²) in [6.45, 7) is 0. The molecule has 0 amide bonds. The highest BCUT2D eigenvalue weighted by Gasteiger charge is 2.05. The number of hydrogen-bond acceptors (Lipinski definition) is 3. The molecule has 76 valence electrons. The van der Waals surface area contributed by atoms with Crippen molar-refractivity contribution in [3.8, 4) is 11.6 Å². The zero-order valence-corrected chi connectivity index (χ0v) is 7.85. The molecule has 4 heteroatoms. The third-order valence-corrected chi connectivity index (χ3v) is 1.81. The Hall–Kier alpha value is -2.10. The second kappa shape index (κ2) is 3.96. The average molecular weight is 204 g/mol. The minimum Gasteiger partial charge on any atom is -0.436 e. The SMILES string of the molecule is Nc1ccc(F)c(Oc2ccccn2)c1. The molecule has 0 bridgehead atoms. The molecule has 0 fully saturated rings. The largest absolute Gasteiger partial charge is 0.436 e. The fourth-order valence-corrected chi connectivity index (χ4v) is 1.12. The highest BCUT2D eigenvalue weighted by Crippen LogP contribution is 2.24. The summed E-state index contributed by atoms with van der Waals surface area (Å²) >= 11 is 0. The third-order valence-electron chi connectivity index (χ3n) is 1.81. The van der Waals surface area contributed by atoms with Crippen LogP contribution < -0.4 is 10.5 Å². The maximum absolute atomic E-state index is 13.2. The molecule has 0 unspecified atom stereocenters. The van der Waals surface area contributed by atoms with Crippen LogP contribution in [0.25, 0.3) is 0 Å². The molecule has 0 spiro atoms. The number of nitrogens with zero attached hydrogens (tertiary/aromatic N) is 1. The zero-order valence-electron chi connectivity index (χ0n) is 7.85. The molecule has 0 aliphatic rings. The van der Waals surface area contributed by atoms with Gasteiger partial charge in [-0.3, -0.25) is 0 Å². The van der Waals surface area contributed by atoms with Gasteiger partial charge in [-0.05, 0) is 18.2 Å². The Bertz CT molecular complexity index is 459. The summed E-state index contributed by atoms with van der Waals surface area (Å²) in [6, 6.07) is 9.30. The first kappa shape index (κ1) is 9.45. The summed E-state index contributed by atoms with van der Waals surface area (Å²) in [5.74, 6) is -0.0504. The van der Waals surface area contributed by atoms with Gasteiger partial charge in [-0.15, -0.1) is 0 Å². The molecule has 3 nitrogen and oxygen atoms in total. The molecule has 2 aromatic rings. The van der Waals surface area contributed by atoms with Crippen LogP contribution in [0.1, 0.15) is 0 Å². The molecule has 0 aliphatic heterocycles. The Morgan fingerprint density at radius 3 is 2.80 bits per heavy atom. The van der Waals surface area contributed by atoms with Crippen LogP contribution in [-0.4, -0.2) is 4.98 Å². The first-order valence-corrected chi connectivity index (χ1v) is 4.39. The summed E-state index contributed by atoms with van der Waals surface area (Å²) in [5.41, 5.74) is 5.96. The van der Waals surface area contributed by atoms with E-state index in [2.05, 4.69) is 4.98 Å². The lowest BCUT2D eigenvalue weighted by Crippen LogP contribution is -1.92. The molecule has 1 aromatic carbocycles. The van der Waals surface area contributed by atoms with E-state index in [1.807, 2.05) is 0 Å². The van der Waals surface area contributed by atoms with Gasteiger partial charge in [0.15, 0.2) is 11.6 Å². The molecule has 0 saturated heterocycles. The Morgan fingerprint density at radius 2 is 2.07 bits per heavy atom. The van der Waals surface area contributed by atoms with E-state index >= 15 is 0 Å². The fourth-order valence-electron chi connectivity index (χ4n) is 1.12. The Balaban J connectivity index is 2.28. The minimum absolute atomic E-state index is 0.0775. The van der Waals surface area contributed by atoms with Crippen molar-refractivity contribution >= 4 is 5.69 Å². The fraction of sp³-hybridized carbons (Fsp3) is 0. The van der Waals surface area contributed by atoms with Gasteiger partial charge in [0.25, 0.3) is 0 Å². The number of nitrogens with two attached hydrogens (primary N) is 1. The van der Waals surface area contributed by atoms with Crippen LogP contribution in [0.5, 0.6) is 11.6 Å². The van der Waals surface area contributed by atoms with Crippen molar-refractivity contribution in [2.75, 3.05) is 5.73 Å². The topological polar surface area (TPSA) is 48.1 Å². The second-order valence-corrected chi connectivity index (χ2v) is 2.96. The van der Waals surface area contributed by atoms with Crippen molar-refractivity contribution in [1.82, 2.24) is 4.98 Å². The minimum atomic E-state index is -0.463. The third kappa shape index (κ3) is 2.22. The summed E-state index contributed by atoms with van der Waals surface area (Å²) in [6.07, 6.45) is 1.57. The van der Waals surface area contributed by atoms with Crippen LogP contribution in [-0.2, 0) is 0 Å². The van der Waals surface area contributed by atoms with Gasteiger partial charge in [-0.2, -0.15) is 0 Å². The van der Waals surface area contributed by atoms with Crippen molar-refractivity contribution in [3.63, 3.8) is 0 Å². The van der Waals surface area contributed by atoms with Crippen molar-refractivity contribution in [1.29, 1.82) is 0 Å².